The van der Waals surface area contributed by atoms with E-state index in [2.05, 4.69) is 5.32 Å². The summed E-state index contributed by atoms with van der Waals surface area (Å²) in [5, 5.41) is 11.1. The van der Waals surface area contributed by atoms with Crippen LogP contribution in [0.4, 0.5) is 0 Å². The summed E-state index contributed by atoms with van der Waals surface area (Å²) in [7, 11) is 0. The van der Waals surface area contributed by atoms with Gasteiger partial charge < -0.3 is 10.4 Å². The van der Waals surface area contributed by atoms with Crippen molar-refractivity contribution in [3.8, 4) is 12.3 Å². The van der Waals surface area contributed by atoms with E-state index in [-0.39, 0.29) is 11.8 Å². The SMILES string of the molecule is C#CC(=O)NC(CC(=O)O)C(C)(C)C. The maximum atomic E-state index is 10.9. The number of amides is 1. The Morgan fingerprint density at radius 3 is 2.29 bits per heavy atom. The van der Waals surface area contributed by atoms with Crippen molar-refractivity contribution in [1.29, 1.82) is 0 Å². The molecule has 0 aromatic heterocycles. The van der Waals surface area contributed by atoms with Crippen LogP contribution in [0.5, 0.6) is 0 Å². The van der Waals surface area contributed by atoms with E-state index >= 15 is 0 Å². The Morgan fingerprint density at radius 2 is 2.00 bits per heavy atom. The third-order valence-electron chi connectivity index (χ3n) is 1.86. The third-order valence-corrected chi connectivity index (χ3v) is 1.86. The summed E-state index contributed by atoms with van der Waals surface area (Å²) in [6.07, 6.45) is 4.76. The van der Waals surface area contributed by atoms with Gasteiger partial charge in [-0.1, -0.05) is 20.8 Å². The van der Waals surface area contributed by atoms with Crippen molar-refractivity contribution in [1.82, 2.24) is 5.32 Å². The van der Waals surface area contributed by atoms with Crippen LogP contribution < -0.4 is 5.32 Å². The molecular weight excluding hydrogens is 182 g/mol. The van der Waals surface area contributed by atoms with Crippen LogP contribution in [0.25, 0.3) is 0 Å². The first-order valence-electron chi connectivity index (χ1n) is 4.26. The average molecular weight is 197 g/mol. The van der Waals surface area contributed by atoms with E-state index in [1.165, 1.54) is 0 Å². The van der Waals surface area contributed by atoms with Crippen molar-refractivity contribution < 1.29 is 14.7 Å². The zero-order chi connectivity index (χ0) is 11.4. The maximum absolute atomic E-state index is 10.9. The lowest BCUT2D eigenvalue weighted by Gasteiger charge is -2.29. The van der Waals surface area contributed by atoms with E-state index in [1.54, 1.807) is 0 Å². The van der Waals surface area contributed by atoms with Crippen LogP contribution >= 0.6 is 0 Å². The fourth-order valence-electron chi connectivity index (χ4n) is 0.948. The van der Waals surface area contributed by atoms with Gasteiger partial charge in [0.05, 0.1) is 6.42 Å². The number of aliphatic carboxylic acids is 1. The first-order valence-corrected chi connectivity index (χ1v) is 4.26. The number of rotatable bonds is 3. The molecule has 0 heterocycles. The highest BCUT2D eigenvalue weighted by Gasteiger charge is 2.27. The highest BCUT2D eigenvalue weighted by molar-refractivity contribution is 5.93. The van der Waals surface area contributed by atoms with Gasteiger partial charge in [-0.25, -0.2) is 0 Å². The van der Waals surface area contributed by atoms with Crippen LogP contribution in [0.3, 0.4) is 0 Å². The quantitative estimate of drug-likeness (QED) is 0.652. The number of carbonyl (C=O) groups is 2. The number of hydrogen-bond donors (Lipinski definition) is 2. The lowest BCUT2D eigenvalue weighted by Crippen LogP contribution is -2.44. The summed E-state index contributed by atoms with van der Waals surface area (Å²) >= 11 is 0. The standard InChI is InChI=1S/C10H15NO3/c1-5-8(12)11-7(6-9(13)14)10(2,3)4/h1,7H,6H2,2-4H3,(H,11,12)(H,13,14). The summed E-state index contributed by atoms with van der Waals surface area (Å²) in [4.78, 5) is 21.4. The number of terminal acetylenes is 1. The molecule has 0 spiro atoms. The molecule has 0 rings (SSSR count). The van der Waals surface area contributed by atoms with Gasteiger partial charge in [0.1, 0.15) is 0 Å². The van der Waals surface area contributed by atoms with Crippen LogP contribution in [-0.4, -0.2) is 23.0 Å². The predicted molar refractivity (Wildman–Crippen MR) is 52.5 cm³/mol. The van der Waals surface area contributed by atoms with E-state index in [1.807, 2.05) is 26.7 Å². The molecule has 0 saturated carbocycles. The Hall–Kier alpha value is -1.50. The Bertz CT molecular complexity index is 270. The van der Waals surface area contributed by atoms with Gasteiger partial charge in [0.25, 0.3) is 5.91 Å². The minimum atomic E-state index is -0.956. The van der Waals surface area contributed by atoms with Crippen molar-refractivity contribution in [2.75, 3.05) is 0 Å². The van der Waals surface area contributed by atoms with Crippen LogP contribution in [0, 0.1) is 17.8 Å². The first-order chi connectivity index (χ1) is 6.27. The number of carbonyl (C=O) groups excluding carboxylic acids is 1. The number of carboxylic acid groups (broad SMARTS) is 1. The molecule has 0 fully saturated rings. The molecule has 1 unspecified atom stereocenters. The van der Waals surface area contributed by atoms with E-state index in [4.69, 9.17) is 11.5 Å². The molecule has 14 heavy (non-hydrogen) atoms. The summed E-state index contributed by atoms with van der Waals surface area (Å²) in [5.74, 6) is 0.364. The molecule has 0 aliphatic heterocycles. The van der Waals surface area contributed by atoms with Gasteiger partial charge in [-0.15, -0.1) is 6.42 Å². The van der Waals surface area contributed by atoms with E-state index in [0.29, 0.717) is 0 Å². The fourth-order valence-corrected chi connectivity index (χ4v) is 0.948. The van der Waals surface area contributed by atoms with Gasteiger partial charge in [0.2, 0.25) is 0 Å². The van der Waals surface area contributed by atoms with Crippen LogP contribution in [0.15, 0.2) is 0 Å². The van der Waals surface area contributed by atoms with Crippen molar-refractivity contribution in [2.24, 2.45) is 5.41 Å². The third kappa shape index (κ3) is 4.51. The average Bonchev–Trinajstić information content (AvgIpc) is 2.00. The molecule has 0 aliphatic carbocycles. The predicted octanol–water partition coefficient (Wildman–Crippen LogP) is 0.625. The van der Waals surface area contributed by atoms with E-state index in [0.717, 1.165) is 0 Å². The summed E-state index contributed by atoms with van der Waals surface area (Å²) < 4.78 is 0. The minimum Gasteiger partial charge on any atom is -0.481 e. The first kappa shape index (κ1) is 12.5. The maximum Gasteiger partial charge on any atom is 0.305 e. The Labute approximate surface area is 83.7 Å². The van der Waals surface area contributed by atoms with Gasteiger partial charge in [-0.3, -0.25) is 9.59 Å². The molecule has 1 amide bonds. The fraction of sp³-hybridized carbons (Fsp3) is 0.600. The van der Waals surface area contributed by atoms with Crippen molar-refractivity contribution in [3.63, 3.8) is 0 Å². The van der Waals surface area contributed by atoms with Gasteiger partial charge in [0.15, 0.2) is 0 Å². The monoisotopic (exact) mass is 197 g/mol. The molecule has 1 atom stereocenters. The molecule has 0 bridgehead atoms. The molecule has 0 aliphatic rings. The largest absolute Gasteiger partial charge is 0.481 e. The lowest BCUT2D eigenvalue weighted by molar-refractivity contribution is -0.138. The minimum absolute atomic E-state index is 0.128. The molecule has 4 nitrogen and oxygen atoms in total. The van der Waals surface area contributed by atoms with Crippen LogP contribution in [0.2, 0.25) is 0 Å². The van der Waals surface area contributed by atoms with Crippen molar-refractivity contribution in [3.05, 3.63) is 0 Å². The Kier molecular flexibility index (Phi) is 4.16. The van der Waals surface area contributed by atoms with Gasteiger partial charge in [-0.2, -0.15) is 0 Å². The molecule has 4 heteroatoms. The molecule has 0 radical (unpaired) electrons. The second-order valence-corrected chi connectivity index (χ2v) is 4.13. The Balaban J connectivity index is 4.51. The molecule has 0 aromatic rings. The normalized spacial score (nSPS) is 12.7. The van der Waals surface area contributed by atoms with E-state index < -0.39 is 17.9 Å². The highest BCUT2D eigenvalue weighted by atomic mass is 16.4. The summed E-state index contributed by atoms with van der Waals surface area (Å²) in [6.45, 7) is 5.53. The number of nitrogens with one attached hydrogen (secondary N) is 1. The van der Waals surface area contributed by atoms with Gasteiger partial charge in [-0.05, 0) is 11.3 Å². The number of carboxylic acids is 1. The second kappa shape index (κ2) is 4.66. The lowest BCUT2D eigenvalue weighted by atomic mass is 9.85. The summed E-state index contributed by atoms with van der Waals surface area (Å²) in [6, 6.07) is -0.455. The van der Waals surface area contributed by atoms with Crippen molar-refractivity contribution >= 4 is 11.9 Å². The Morgan fingerprint density at radius 1 is 1.50 bits per heavy atom. The smallest absolute Gasteiger partial charge is 0.305 e. The van der Waals surface area contributed by atoms with Crippen LogP contribution in [-0.2, 0) is 9.59 Å². The zero-order valence-electron chi connectivity index (χ0n) is 8.63. The van der Waals surface area contributed by atoms with Crippen LogP contribution in [0.1, 0.15) is 27.2 Å². The van der Waals surface area contributed by atoms with Gasteiger partial charge >= 0.3 is 5.97 Å². The molecule has 0 aromatic carbocycles. The number of hydrogen-bond acceptors (Lipinski definition) is 2. The molecular formula is C10H15NO3. The summed E-state index contributed by atoms with van der Waals surface area (Å²) in [5.41, 5.74) is -0.328. The molecule has 0 saturated heterocycles. The van der Waals surface area contributed by atoms with E-state index in [9.17, 15) is 9.59 Å². The zero-order valence-corrected chi connectivity index (χ0v) is 8.63. The highest BCUT2D eigenvalue weighted by Crippen LogP contribution is 2.21. The second-order valence-electron chi connectivity index (χ2n) is 4.13. The molecule has 2 N–H and O–H groups in total. The molecule has 78 valence electrons. The topological polar surface area (TPSA) is 66.4 Å². The van der Waals surface area contributed by atoms with Gasteiger partial charge in [0, 0.05) is 6.04 Å². The van der Waals surface area contributed by atoms with Crippen molar-refractivity contribution in [2.45, 2.75) is 33.2 Å².